The van der Waals surface area contributed by atoms with Crippen molar-refractivity contribution in [3.63, 3.8) is 0 Å². The molecule has 5 rings (SSSR count). The number of rotatable bonds is 7. The molecule has 1 aliphatic heterocycles. The second kappa shape index (κ2) is 10.5. The van der Waals surface area contributed by atoms with E-state index in [0.29, 0.717) is 19.6 Å². The molecule has 0 aliphatic carbocycles. The summed E-state index contributed by atoms with van der Waals surface area (Å²) in [5, 5.41) is 5.36. The van der Waals surface area contributed by atoms with E-state index in [4.69, 9.17) is 14.2 Å². The van der Waals surface area contributed by atoms with Crippen molar-refractivity contribution in [2.45, 2.75) is 38.0 Å². The van der Waals surface area contributed by atoms with E-state index in [2.05, 4.69) is 20.8 Å². The molecule has 0 spiro atoms. The fourth-order valence-corrected chi connectivity index (χ4v) is 5.20. The van der Waals surface area contributed by atoms with E-state index in [0.717, 1.165) is 52.4 Å². The molecule has 1 N–H and O–H groups in total. The number of nitrogens with zero attached hydrogens (tertiary/aromatic N) is 3. The third-order valence-corrected chi connectivity index (χ3v) is 7.93. The number of para-hydroxylation sites is 1. The molecule has 3 heterocycles. The first-order valence-electron chi connectivity index (χ1n) is 12.3. The van der Waals surface area contributed by atoms with Crippen molar-refractivity contribution < 1.29 is 13.5 Å². The summed E-state index contributed by atoms with van der Waals surface area (Å²) in [5.74, 6) is 0.947. The number of nitrogens with one attached hydrogen (secondary N) is 1. The van der Waals surface area contributed by atoms with Crippen LogP contribution in [0.5, 0.6) is 0 Å². The van der Waals surface area contributed by atoms with Gasteiger partial charge in [-0.1, -0.05) is 47.6 Å². The van der Waals surface area contributed by atoms with Crippen molar-refractivity contribution in [1.82, 2.24) is 14.9 Å². The molecule has 1 fully saturated rings. The predicted octanol–water partition coefficient (Wildman–Crippen LogP) is 5.06. The average molecular weight is 505 g/mol. The largest absolute Gasteiger partial charge is 0.378 e. The van der Waals surface area contributed by atoms with Gasteiger partial charge in [0, 0.05) is 36.2 Å². The van der Waals surface area contributed by atoms with Gasteiger partial charge in [-0.3, -0.25) is 0 Å². The first-order chi connectivity index (χ1) is 17.4. The van der Waals surface area contributed by atoms with Crippen LogP contribution < -0.4 is 9.62 Å². The maximum atomic E-state index is 13.3. The molecule has 2 atom stereocenters. The molecule has 2 aromatic heterocycles. The van der Waals surface area contributed by atoms with Gasteiger partial charge >= 0.3 is 0 Å². The van der Waals surface area contributed by atoms with E-state index >= 15 is 0 Å². The van der Waals surface area contributed by atoms with Crippen LogP contribution in [-0.2, 0) is 22.1 Å². The van der Waals surface area contributed by atoms with Crippen molar-refractivity contribution in [1.29, 1.82) is 0 Å². The highest BCUT2D eigenvalue weighted by atomic mass is 32.2. The molecule has 0 bridgehead atoms. The molecule has 0 radical (unpaired) electrons. The van der Waals surface area contributed by atoms with Gasteiger partial charge in [0.15, 0.2) is 5.58 Å². The van der Waals surface area contributed by atoms with Crippen molar-refractivity contribution in [2.75, 3.05) is 31.2 Å². The highest BCUT2D eigenvalue weighted by Gasteiger charge is 2.27. The number of morpholine rings is 1. The van der Waals surface area contributed by atoms with Gasteiger partial charge < -0.3 is 14.2 Å². The second-order valence-electron chi connectivity index (χ2n) is 9.96. The van der Waals surface area contributed by atoms with Crippen LogP contribution in [0.4, 0.5) is 5.82 Å². The van der Waals surface area contributed by atoms with Crippen molar-refractivity contribution in [2.24, 2.45) is 0 Å². The lowest BCUT2D eigenvalue weighted by molar-refractivity contribution is 0.122. The number of hydrogen-bond acceptors (Lipinski definition) is 6. The molecule has 2 aromatic carbocycles. The highest BCUT2D eigenvalue weighted by Crippen LogP contribution is 2.34. The van der Waals surface area contributed by atoms with Gasteiger partial charge in [-0.15, -0.1) is 0 Å². The Labute approximate surface area is 214 Å². The minimum absolute atomic E-state index is 0.246. The van der Waals surface area contributed by atoms with Gasteiger partial charge in [0.25, 0.3) is 0 Å². The van der Waals surface area contributed by atoms with E-state index in [-0.39, 0.29) is 6.04 Å². The van der Waals surface area contributed by atoms with Crippen LogP contribution >= 0.6 is 0 Å². The fourth-order valence-electron chi connectivity index (χ4n) is 4.38. The molecule has 0 unspecified atom stereocenters. The standard InChI is InChI=1S/C28H32N4O3S/c1-28(2,3)36(33)31-24(19-20-9-8-14-26(29-20)32-15-17-34-18-16-32)21-10-4-5-11-22(21)27-23-12-6-7-13-25(23)35-30-27/h4-14,24,31H,15-19H2,1-3H3/t24-,36-/m0/s1. The Morgan fingerprint density at radius 2 is 1.75 bits per heavy atom. The molecule has 188 valence electrons. The third kappa shape index (κ3) is 5.36. The van der Waals surface area contributed by atoms with Gasteiger partial charge in [0.2, 0.25) is 0 Å². The smallest absolute Gasteiger partial charge is 0.167 e. The summed E-state index contributed by atoms with van der Waals surface area (Å²) in [7, 11) is -1.28. The summed E-state index contributed by atoms with van der Waals surface area (Å²) < 4.78 is 27.4. The minimum Gasteiger partial charge on any atom is -0.378 e. The Morgan fingerprint density at radius 3 is 2.56 bits per heavy atom. The number of ether oxygens (including phenoxy) is 1. The average Bonchev–Trinajstić information content (AvgIpc) is 3.32. The van der Waals surface area contributed by atoms with Crippen LogP contribution in [0.1, 0.15) is 38.1 Å². The molecule has 0 saturated carbocycles. The molecule has 4 aromatic rings. The monoisotopic (exact) mass is 504 g/mol. The quantitative estimate of drug-likeness (QED) is 0.379. The normalized spacial score (nSPS) is 16.2. The van der Waals surface area contributed by atoms with Crippen LogP contribution in [0.2, 0.25) is 0 Å². The minimum atomic E-state index is -1.28. The summed E-state index contributed by atoms with van der Waals surface area (Å²) in [5.41, 5.74) is 4.42. The first-order valence-corrected chi connectivity index (χ1v) is 13.5. The molecule has 0 amide bonds. The summed E-state index contributed by atoms with van der Waals surface area (Å²) in [6, 6.07) is 21.8. The van der Waals surface area contributed by atoms with Crippen LogP contribution in [0.3, 0.4) is 0 Å². The summed E-state index contributed by atoms with van der Waals surface area (Å²) >= 11 is 0. The number of hydrogen-bond donors (Lipinski definition) is 1. The Balaban J connectivity index is 1.53. The van der Waals surface area contributed by atoms with Gasteiger partial charge in [-0.2, -0.15) is 0 Å². The maximum Gasteiger partial charge on any atom is 0.167 e. The van der Waals surface area contributed by atoms with Crippen molar-refractivity contribution in [3.8, 4) is 11.3 Å². The zero-order valence-corrected chi connectivity index (χ0v) is 21.8. The lowest BCUT2D eigenvalue weighted by Crippen LogP contribution is -2.37. The van der Waals surface area contributed by atoms with Gasteiger partial charge in [0.1, 0.15) is 11.5 Å². The van der Waals surface area contributed by atoms with Crippen molar-refractivity contribution >= 4 is 27.8 Å². The van der Waals surface area contributed by atoms with Crippen LogP contribution in [0.25, 0.3) is 22.2 Å². The predicted molar refractivity (Wildman–Crippen MR) is 144 cm³/mol. The topological polar surface area (TPSA) is 80.5 Å². The Hall–Kier alpha value is -3.07. The third-order valence-electron chi connectivity index (χ3n) is 6.31. The van der Waals surface area contributed by atoms with E-state index in [1.54, 1.807) is 0 Å². The molecular weight excluding hydrogens is 472 g/mol. The SMILES string of the molecule is CC(C)(C)[S@](=O)N[C@@H](Cc1cccc(N2CCOCC2)n1)c1ccccc1-c1noc2ccccc12. The lowest BCUT2D eigenvalue weighted by Gasteiger charge is -2.29. The van der Waals surface area contributed by atoms with Crippen LogP contribution in [-0.4, -0.2) is 45.4 Å². The molecule has 1 saturated heterocycles. The second-order valence-corrected chi connectivity index (χ2v) is 12.0. The summed E-state index contributed by atoms with van der Waals surface area (Å²) in [6.45, 7) is 8.99. The van der Waals surface area contributed by atoms with Crippen LogP contribution in [0, 0.1) is 0 Å². The molecule has 36 heavy (non-hydrogen) atoms. The number of anilines is 1. The molecular formula is C28H32N4O3S. The number of benzene rings is 2. The summed E-state index contributed by atoms with van der Waals surface area (Å²) in [6.07, 6.45) is 0.576. The Bertz CT molecular complexity index is 1360. The zero-order valence-electron chi connectivity index (χ0n) is 20.9. The van der Waals surface area contributed by atoms with Crippen molar-refractivity contribution in [3.05, 3.63) is 78.0 Å². The molecule has 1 aliphatic rings. The lowest BCUT2D eigenvalue weighted by atomic mass is 9.94. The maximum absolute atomic E-state index is 13.3. The Morgan fingerprint density at radius 1 is 1.00 bits per heavy atom. The van der Waals surface area contributed by atoms with Gasteiger partial charge in [0.05, 0.1) is 35.0 Å². The van der Waals surface area contributed by atoms with E-state index in [9.17, 15) is 4.21 Å². The summed E-state index contributed by atoms with van der Waals surface area (Å²) in [4.78, 5) is 7.22. The fraction of sp³-hybridized carbons (Fsp3) is 0.357. The highest BCUT2D eigenvalue weighted by molar-refractivity contribution is 7.84. The first kappa shape index (κ1) is 24.6. The van der Waals surface area contributed by atoms with E-state index < -0.39 is 15.7 Å². The molecule has 7 nitrogen and oxygen atoms in total. The number of fused-ring (bicyclic) bond motifs is 1. The number of pyridine rings is 1. The molecule has 8 heteroatoms. The van der Waals surface area contributed by atoms with Gasteiger partial charge in [-0.25, -0.2) is 13.9 Å². The number of aromatic nitrogens is 2. The van der Waals surface area contributed by atoms with Gasteiger partial charge in [-0.05, 0) is 50.6 Å². The van der Waals surface area contributed by atoms with E-state index in [1.807, 2.05) is 81.4 Å². The van der Waals surface area contributed by atoms with Crippen LogP contribution in [0.15, 0.2) is 71.3 Å². The van der Waals surface area contributed by atoms with E-state index in [1.165, 1.54) is 0 Å². The zero-order chi connectivity index (χ0) is 25.1. The Kier molecular flexibility index (Phi) is 7.18.